The van der Waals surface area contributed by atoms with E-state index in [-0.39, 0.29) is 0 Å². The van der Waals surface area contributed by atoms with E-state index in [4.69, 9.17) is 0 Å². The summed E-state index contributed by atoms with van der Waals surface area (Å²) in [6.45, 7) is 9.09. The molecule has 1 aromatic heterocycles. The summed E-state index contributed by atoms with van der Waals surface area (Å²) in [5.74, 6) is 0. The van der Waals surface area contributed by atoms with E-state index in [0.29, 0.717) is 16.4 Å². The lowest BCUT2D eigenvalue weighted by Gasteiger charge is -2.26. The van der Waals surface area contributed by atoms with Gasteiger partial charge in [-0.15, -0.1) is 11.3 Å². The minimum absolute atomic E-state index is 0.345. The number of nitrogens with one attached hydrogen (secondary N) is 2. The Morgan fingerprint density at radius 3 is 2.65 bits per heavy atom. The molecule has 1 saturated heterocycles. The van der Waals surface area contributed by atoms with Crippen LogP contribution in [0.5, 0.6) is 0 Å². The van der Waals surface area contributed by atoms with E-state index in [9.17, 15) is 8.42 Å². The third-order valence-corrected chi connectivity index (χ3v) is 6.40. The third-order valence-electron chi connectivity index (χ3n) is 3.26. The Kier molecular flexibility index (Phi) is 5.50. The fourth-order valence-electron chi connectivity index (χ4n) is 2.27. The minimum Gasteiger partial charge on any atom is -0.314 e. The number of hydrogen-bond acceptors (Lipinski definition) is 6. The van der Waals surface area contributed by atoms with Gasteiger partial charge in [-0.25, -0.2) is 18.1 Å². The predicted octanol–water partition coefficient (Wildman–Crippen LogP) is 0.334. The molecule has 0 spiro atoms. The molecule has 1 aliphatic rings. The molecule has 0 radical (unpaired) electrons. The average Bonchev–Trinajstić information content (AvgIpc) is 2.76. The smallest absolute Gasteiger partial charge is 0.251 e. The molecular weight excluding hydrogens is 296 g/mol. The van der Waals surface area contributed by atoms with Crippen LogP contribution >= 0.6 is 11.3 Å². The third kappa shape index (κ3) is 4.23. The van der Waals surface area contributed by atoms with Crippen LogP contribution in [0, 0.1) is 13.8 Å². The Labute approximate surface area is 124 Å². The summed E-state index contributed by atoms with van der Waals surface area (Å²) in [7, 11) is -3.40. The first kappa shape index (κ1) is 15.8. The van der Waals surface area contributed by atoms with Crippen molar-refractivity contribution in [2.75, 3.05) is 39.3 Å². The molecule has 2 heterocycles. The van der Waals surface area contributed by atoms with Gasteiger partial charge in [0.05, 0.1) is 10.7 Å². The summed E-state index contributed by atoms with van der Waals surface area (Å²) in [5.41, 5.74) is 0.585. The van der Waals surface area contributed by atoms with Gasteiger partial charge in [-0.3, -0.25) is 0 Å². The number of piperazine rings is 1. The fraction of sp³-hybridized carbons (Fsp3) is 0.750. The SMILES string of the molecule is Cc1nc(C)c(S(=O)(=O)NCCCN2CCNCC2)s1. The minimum atomic E-state index is -3.40. The number of rotatable bonds is 6. The zero-order valence-corrected chi connectivity index (χ0v) is 13.6. The van der Waals surface area contributed by atoms with Gasteiger partial charge in [-0.1, -0.05) is 0 Å². The molecule has 6 nitrogen and oxygen atoms in total. The molecule has 8 heteroatoms. The Bertz CT molecular complexity index is 536. The second-order valence-electron chi connectivity index (χ2n) is 4.95. The summed E-state index contributed by atoms with van der Waals surface area (Å²) in [6, 6.07) is 0. The van der Waals surface area contributed by atoms with Crippen LogP contribution in [-0.4, -0.2) is 57.6 Å². The topological polar surface area (TPSA) is 74.3 Å². The Morgan fingerprint density at radius 2 is 2.05 bits per heavy atom. The molecule has 0 atom stereocenters. The van der Waals surface area contributed by atoms with Crippen LogP contribution < -0.4 is 10.0 Å². The van der Waals surface area contributed by atoms with E-state index < -0.39 is 10.0 Å². The van der Waals surface area contributed by atoms with Gasteiger partial charge in [-0.05, 0) is 26.8 Å². The molecule has 114 valence electrons. The van der Waals surface area contributed by atoms with Gasteiger partial charge in [0.25, 0.3) is 10.0 Å². The molecule has 1 aromatic rings. The van der Waals surface area contributed by atoms with E-state index in [1.807, 2.05) is 6.92 Å². The summed E-state index contributed by atoms with van der Waals surface area (Å²) in [5, 5.41) is 4.08. The maximum atomic E-state index is 12.2. The summed E-state index contributed by atoms with van der Waals surface area (Å²) in [6.07, 6.45) is 0.829. The maximum absolute atomic E-state index is 12.2. The number of nitrogens with zero attached hydrogens (tertiary/aromatic N) is 2. The van der Waals surface area contributed by atoms with Gasteiger partial charge in [0.2, 0.25) is 0 Å². The zero-order valence-electron chi connectivity index (χ0n) is 12.0. The average molecular weight is 318 g/mol. The molecular formula is C12H22N4O2S2. The highest BCUT2D eigenvalue weighted by atomic mass is 32.2. The monoisotopic (exact) mass is 318 g/mol. The van der Waals surface area contributed by atoms with E-state index in [2.05, 4.69) is 19.9 Å². The maximum Gasteiger partial charge on any atom is 0.251 e. The lowest BCUT2D eigenvalue weighted by atomic mass is 10.3. The molecule has 2 rings (SSSR count). The lowest BCUT2D eigenvalue weighted by Crippen LogP contribution is -2.44. The molecule has 0 aromatic carbocycles. The molecule has 0 saturated carbocycles. The van der Waals surface area contributed by atoms with Crippen molar-refractivity contribution < 1.29 is 8.42 Å². The van der Waals surface area contributed by atoms with Gasteiger partial charge >= 0.3 is 0 Å². The van der Waals surface area contributed by atoms with Crippen molar-refractivity contribution in [3.05, 3.63) is 10.7 Å². The molecule has 1 aliphatic heterocycles. The van der Waals surface area contributed by atoms with Gasteiger partial charge in [-0.2, -0.15) is 0 Å². The number of sulfonamides is 1. The molecule has 2 N–H and O–H groups in total. The first-order chi connectivity index (χ1) is 9.49. The summed E-state index contributed by atoms with van der Waals surface area (Å²) in [4.78, 5) is 6.52. The van der Waals surface area contributed by atoms with E-state index in [1.54, 1.807) is 6.92 Å². The summed E-state index contributed by atoms with van der Waals surface area (Å²) < 4.78 is 27.3. The van der Waals surface area contributed by atoms with Crippen LogP contribution in [0.1, 0.15) is 17.1 Å². The van der Waals surface area contributed by atoms with E-state index in [0.717, 1.165) is 44.2 Å². The Morgan fingerprint density at radius 1 is 1.35 bits per heavy atom. The highest BCUT2D eigenvalue weighted by Gasteiger charge is 2.20. The van der Waals surface area contributed by atoms with Crippen molar-refractivity contribution in [3.8, 4) is 0 Å². The number of thiazole rings is 1. The molecule has 1 fully saturated rings. The van der Waals surface area contributed by atoms with Crippen molar-refractivity contribution in [2.24, 2.45) is 0 Å². The Balaban J connectivity index is 1.79. The second kappa shape index (κ2) is 6.95. The first-order valence-corrected chi connectivity index (χ1v) is 9.16. The van der Waals surface area contributed by atoms with Crippen LogP contribution in [-0.2, 0) is 10.0 Å². The van der Waals surface area contributed by atoms with Gasteiger partial charge in [0, 0.05) is 32.7 Å². The zero-order chi connectivity index (χ0) is 14.6. The van der Waals surface area contributed by atoms with Crippen LogP contribution in [0.2, 0.25) is 0 Å². The van der Waals surface area contributed by atoms with Crippen molar-refractivity contribution in [3.63, 3.8) is 0 Å². The van der Waals surface area contributed by atoms with Crippen molar-refractivity contribution in [1.29, 1.82) is 0 Å². The quantitative estimate of drug-likeness (QED) is 0.740. The molecule has 20 heavy (non-hydrogen) atoms. The van der Waals surface area contributed by atoms with Crippen molar-refractivity contribution in [1.82, 2.24) is 19.9 Å². The van der Waals surface area contributed by atoms with Crippen molar-refractivity contribution in [2.45, 2.75) is 24.5 Å². The van der Waals surface area contributed by atoms with E-state index >= 15 is 0 Å². The predicted molar refractivity (Wildman–Crippen MR) is 80.7 cm³/mol. The van der Waals surface area contributed by atoms with Gasteiger partial charge in [0.15, 0.2) is 4.21 Å². The van der Waals surface area contributed by atoms with Crippen LogP contribution in [0.15, 0.2) is 4.21 Å². The second-order valence-corrected chi connectivity index (χ2v) is 8.11. The molecule has 0 aliphatic carbocycles. The fourth-order valence-corrected chi connectivity index (χ4v) is 4.87. The normalized spacial score (nSPS) is 17.5. The van der Waals surface area contributed by atoms with Crippen LogP contribution in [0.25, 0.3) is 0 Å². The van der Waals surface area contributed by atoms with Crippen molar-refractivity contribution >= 4 is 21.4 Å². The molecule has 0 bridgehead atoms. The summed E-state index contributed by atoms with van der Waals surface area (Å²) >= 11 is 1.23. The van der Waals surface area contributed by atoms with Gasteiger partial charge < -0.3 is 10.2 Å². The first-order valence-electron chi connectivity index (χ1n) is 6.86. The number of aryl methyl sites for hydroxylation is 2. The highest BCUT2D eigenvalue weighted by molar-refractivity contribution is 7.91. The number of hydrogen-bond donors (Lipinski definition) is 2. The van der Waals surface area contributed by atoms with Gasteiger partial charge in [0.1, 0.15) is 0 Å². The standard InChI is InChI=1S/C12H22N4O2S2/c1-10-12(19-11(2)15-10)20(17,18)14-4-3-7-16-8-5-13-6-9-16/h13-14H,3-9H2,1-2H3. The largest absolute Gasteiger partial charge is 0.314 e. The highest BCUT2D eigenvalue weighted by Crippen LogP contribution is 2.22. The molecule has 0 amide bonds. The lowest BCUT2D eigenvalue weighted by molar-refractivity contribution is 0.239. The van der Waals surface area contributed by atoms with Crippen LogP contribution in [0.4, 0.5) is 0 Å². The van der Waals surface area contributed by atoms with Crippen LogP contribution in [0.3, 0.4) is 0 Å². The number of aromatic nitrogens is 1. The van der Waals surface area contributed by atoms with E-state index in [1.165, 1.54) is 11.3 Å². The Hall–Kier alpha value is -0.540. The molecule has 0 unspecified atom stereocenters.